The van der Waals surface area contributed by atoms with Crippen LogP contribution < -0.4 is 10.1 Å². The van der Waals surface area contributed by atoms with Gasteiger partial charge in [0.25, 0.3) is 5.65 Å². The molecule has 0 aliphatic heterocycles. The number of imidazole rings is 1. The van der Waals surface area contributed by atoms with Gasteiger partial charge in [-0.05, 0) is 6.07 Å². The van der Waals surface area contributed by atoms with Gasteiger partial charge in [0, 0.05) is 11.6 Å². The summed E-state index contributed by atoms with van der Waals surface area (Å²) in [6, 6.07) is 12.9. The van der Waals surface area contributed by atoms with Gasteiger partial charge in [0.05, 0.1) is 6.20 Å². The van der Waals surface area contributed by atoms with Crippen molar-refractivity contribution in [1.82, 2.24) is 4.40 Å². The molecule has 0 unspecified atom stereocenters. The summed E-state index contributed by atoms with van der Waals surface area (Å²) in [5.41, 5.74) is 2.52. The van der Waals surface area contributed by atoms with Crippen molar-refractivity contribution in [1.29, 1.82) is 0 Å². The Morgan fingerprint density at radius 3 is 2.53 bits per heavy atom. The summed E-state index contributed by atoms with van der Waals surface area (Å²) in [4.78, 5) is 3.22. The normalized spacial score (nSPS) is 10.1. The summed E-state index contributed by atoms with van der Waals surface area (Å²) >= 11 is 0. The largest absolute Gasteiger partial charge is 2.00 e. The minimum absolute atomic E-state index is 0. The first-order valence-corrected chi connectivity index (χ1v) is 5.10. The minimum Gasteiger partial charge on any atom is -0.872 e. The van der Waals surface area contributed by atoms with Crippen LogP contribution in [-0.2, 0) is 0 Å². The number of nitrogens with one attached hydrogen (secondary N) is 1. The molecule has 1 aromatic carbocycles. The van der Waals surface area contributed by atoms with Crippen LogP contribution >= 0.6 is 0 Å². The van der Waals surface area contributed by atoms with Crippen LogP contribution in [0.4, 0.5) is 0 Å². The number of aromatic nitrogens is 2. The molecule has 0 aliphatic rings. The topological polar surface area (TPSA) is 41.6 Å². The maximum absolute atomic E-state index is 11.7. The Bertz CT molecular complexity index is 615. The molecule has 0 atom stereocenters. The van der Waals surface area contributed by atoms with Crippen LogP contribution in [0.1, 0.15) is 0 Å². The van der Waals surface area contributed by atoms with E-state index in [1.165, 1.54) is 0 Å². The first kappa shape index (κ1) is 11.4. The number of aromatic amines is 1. The SMILES string of the molecule is [Be+2].[O-]c1ccccc1-c1cn2ccccc2[nH+]1. The van der Waals surface area contributed by atoms with Crippen molar-refractivity contribution in [2.24, 2.45) is 0 Å². The van der Waals surface area contributed by atoms with Gasteiger partial charge >= 0.3 is 10.1 Å². The van der Waals surface area contributed by atoms with Crippen LogP contribution in [-0.4, -0.2) is 14.5 Å². The molecule has 78 valence electrons. The van der Waals surface area contributed by atoms with Gasteiger partial charge < -0.3 is 5.11 Å². The van der Waals surface area contributed by atoms with Gasteiger partial charge in [-0.3, -0.25) is 0 Å². The van der Waals surface area contributed by atoms with E-state index < -0.39 is 0 Å². The predicted molar refractivity (Wildman–Crippen MR) is 64.6 cm³/mol. The van der Waals surface area contributed by atoms with Gasteiger partial charge in [0.2, 0.25) is 0 Å². The monoisotopic (exact) mass is 219 g/mol. The third-order valence-electron chi connectivity index (χ3n) is 2.60. The number of H-pyrrole nitrogens is 1. The molecule has 17 heavy (non-hydrogen) atoms. The molecular weight excluding hydrogens is 209 g/mol. The molecule has 3 nitrogen and oxygen atoms in total. The van der Waals surface area contributed by atoms with E-state index in [9.17, 15) is 5.11 Å². The molecule has 0 amide bonds. The third-order valence-corrected chi connectivity index (χ3v) is 2.60. The van der Waals surface area contributed by atoms with Crippen LogP contribution in [0.3, 0.4) is 0 Å². The minimum atomic E-state index is 0. The Kier molecular flexibility index (Phi) is 2.94. The molecule has 2 heterocycles. The fraction of sp³-hybridized carbons (Fsp3) is 0. The molecule has 3 aromatic rings. The molecule has 0 fully saturated rings. The second kappa shape index (κ2) is 4.40. The van der Waals surface area contributed by atoms with Crippen molar-refractivity contribution in [2.45, 2.75) is 0 Å². The van der Waals surface area contributed by atoms with E-state index in [4.69, 9.17) is 0 Å². The van der Waals surface area contributed by atoms with Crippen LogP contribution in [0.2, 0.25) is 0 Å². The molecular formula is C13H10BeN2O+2. The zero-order valence-electron chi connectivity index (χ0n) is 9.26. The quantitative estimate of drug-likeness (QED) is 0.565. The molecule has 0 saturated heterocycles. The standard InChI is InChI=1S/C13H10N2O.Be/c16-12-6-2-1-5-10(12)11-9-15-8-4-3-7-13(15)14-11;/h1-9,16H;/q;+2. The Hall–Kier alpha value is -2.12. The summed E-state index contributed by atoms with van der Waals surface area (Å²) in [7, 11) is 0. The first-order valence-electron chi connectivity index (χ1n) is 5.10. The summed E-state index contributed by atoms with van der Waals surface area (Å²) < 4.78 is 1.96. The number of rotatable bonds is 1. The first-order chi connectivity index (χ1) is 7.84. The van der Waals surface area contributed by atoms with E-state index in [2.05, 4.69) is 4.98 Å². The summed E-state index contributed by atoms with van der Waals surface area (Å²) in [6.45, 7) is 0. The van der Waals surface area contributed by atoms with Crippen LogP contribution in [0.5, 0.6) is 5.75 Å². The van der Waals surface area contributed by atoms with Gasteiger partial charge in [-0.2, -0.15) is 0 Å². The Balaban J connectivity index is 0.00000108. The Morgan fingerprint density at radius 2 is 1.76 bits per heavy atom. The van der Waals surface area contributed by atoms with E-state index in [1.807, 2.05) is 47.1 Å². The Labute approximate surface area is 103 Å². The van der Waals surface area contributed by atoms with Crippen molar-refractivity contribution in [3.63, 3.8) is 0 Å². The second-order valence-corrected chi connectivity index (χ2v) is 3.66. The molecule has 0 spiro atoms. The Morgan fingerprint density at radius 1 is 1.00 bits per heavy atom. The molecule has 3 rings (SSSR count). The van der Waals surface area contributed by atoms with Crippen molar-refractivity contribution in [3.05, 3.63) is 54.9 Å². The smallest absolute Gasteiger partial charge is 0.872 e. The summed E-state index contributed by atoms with van der Waals surface area (Å²) in [5, 5.41) is 11.7. The molecule has 0 saturated carbocycles. The number of benzene rings is 1. The molecule has 1 N–H and O–H groups in total. The number of pyridine rings is 1. The average Bonchev–Trinajstić information content (AvgIpc) is 2.73. The van der Waals surface area contributed by atoms with Crippen molar-refractivity contribution in [3.8, 4) is 17.0 Å². The van der Waals surface area contributed by atoms with E-state index in [1.54, 1.807) is 12.1 Å². The van der Waals surface area contributed by atoms with E-state index in [0.717, 1.165) is 11.3 Å². The van der Waals surface area contributed by atoms with Crippen LogP contribution in [0.15, 0.2) is 54.9 Å². The van der Waals surface area contributed by atoms with Gasteiger partial charge in [-0.1, -0.05) is 36.1 Å². The number of fused-ring (bicyclic) bond motifs is 1. The van der Waals surface area contributed by atoms with Crippen molar-refractivity contribution in [2.75, 3.05) is 0 Å². The van der Waals surface area contributed by atoms with E-state index in [0.29, 0.717) is 5.56 Å². The second-order valence-electron chi connectivity index (χ2n) is 3.66. The van der Waals surface area contributed by atoms with Gasteiger partial charge in [-0.15, -0.1) is 0 Å². The molecule has 0 bridgehead atoms. The van der Waals surface area contributed by atoms with Crippen LogP contribution in [0.25, 0.3) is 16.9 Å². The summed E-state index contributed by atoms with van der Waals surface area (Å²) in [5.74, 6) is 0.0367. The predicted octanol–water partition coefficient (Wildman–Crippen LogP) is 1.11. The van der Waals surface area contributed by atoms with E-state index >= 15 is 0 Å². The van der Waals surface area contributed by atoms with Crippen molar-refractivity contribution >= 4 is 15.8 Å². The summed E-state index contributed by atoms with van der Waals surface area (Å²) in [6.07, 6.45) is 3.87. The number of para-hydroxylation sites is 1. The fourth-order valence-electron chi connectivity index (χ4n) is 1.81. The zero-order chi connectivity index (χ0) is 11.0. The van der Waals surface area contributed by atoms with Gasteiger partial charge in [-0.25, -0.2) is 9.38 Å². The molecule has 0 aliphatic carbocycles. The maximum atomic E-state index is 11.7. The van der Waals surface area contributed by atoms with Crippen LogP contribution in [0, 0.1) is 0 Å². The van der Waals surface area contributed by atoms with E-state index in [-0.39, 0.29) is 15.9 Å². The number of nitrogens with zero attached hydrogens (tertiary/aromatic N) is 1. The third kappa shape index (κ3) is 1.93. The molecule has 4 heteroatoms. The molecule has 2 aromatic heterocycles. The number of hydrogen-bond acceptors (Lipinski definition) is 1. The van der Waals surface area contributed by atoms with Gasteiger partial charge in [0.15, 0.2) is 5.69 Å². The van der Waals surface area contributed by atoms with Gasteiger partial charge in [0.1, 0.15) is 6.20 Å². The fourth-order valence-corrected chi connectivity index (χ4v) is 1.81. The number of hydrogen-bond donors (Lipinski definition) is 0. The molecule has 0 radical (unpaired) electrons. The zero-order valence-corrected chi connectivity index (χ0v) is 9.26. The maximum Gasteiger partial charge on any atom is 2.00 e. The average molecular weight is 219 g/mol. The van der Waals surface area contributed by atoms with Crippen molar-refractivity contribution < 1.29 is 10.1 Å².